The molecule has 0 N–H and O–H groups in total. The molecule has 0 fully saturated rings. The third-order valence-corrected chi connectivity index (χ3v) is 3.58. The molecule has 0 saturated carbocycles. The highest BCUT2D eigenvalue weighted by Gasteiger charge is 2.13. The van der Waals surface area contributed by atoms with Gasteiger partial charge in [-0.2, -0.15) is 0 Å². The van der Waals surface area contributed by atoms with Crippen molar-refractivity contribution in [2.75, 3.05) is 0 Å². The van der Waals surface area contributed by atoms with Crippen molar-refractivity contribution in [1.82, 2.24) is 4.98 Å². The van der Waals surface area contributed by atoms with Gasteiger partial charge in [-0.1, -0.05) is 32.1 Å². The van der Waals surface area contributed by atoms with E-state index in [0.717, 1.165) is 41.6 Å². The molecular formula is C22H28FNO. The second kappa shape index (κ2) is 10.5. The van der Waals surface area contributed by atoms with Crippen molar-refractivity contribution in [1.29, 1.82) is 0 Å². The lowest BCUT2D eigenvalue weighted by Gasteiger charge is -2.11. The van der Waals surface area contributed by atoms with Crippen LogP contribution in [-0.2, 0) is 11.2 Å². The molecule has 134 valence electrons. The first kappa shape index (κ1) is 20.8. The number of carbonyl (C=O) groups is 1. The first-order chi connectivity index (χ1) is 12.0. The number of nitrogens with zero attached hydrogens (tertiary/aromatic N) is 1. The number of ketones is 1. The normalized spacial score (nSPS) is 12.3. The minimum atomic E-state index is -0.151. The summed E-state index contributed by atoms with van der Waals surface area (Å²) in [6, 6.07) is 9.20. The molecule has 1 heterocycles. The van der Waals surface area contributed by atoms with Gasteiger partial charge in [0.05, 0.1) is 0 Å². The highest BCUT2D eigenvalue weighted by Crippen LogP contribution is 2.31. The van der Waals surface area contributed by atoms with Crippen LogP contribution >= 0.6 is 0 Å². The number of pyridine rings is 1. The summed E-state index contributed by atoms with van der Waals surface area (Å²) in [5.74, 6) is 0.0158. The van der Waals surface area contributed by atoms with Gasteiger partial charge in [0.2, 0.25) is 0 Å². The Labute approximate surface area is 150 Å². The number of aromatic nitrogens is 1. The first-order valence-electron chi connectivity index (χ1n) is 8.86. The van der Waals surface area contributed by atoms with E-state index in [1.54, 1.807) is 12.1 Å². The predicted octanol–water partition coefficient (Wildman–Crippen LogP) is 5.92. The number of fused-ring (bicyclic) bond motifs is 1. The molecule has 0 atom stereocenters. The lowest BCUT2D eigenvalue weighted by Crippen LogP contribution is -1.95. The van der Waals surface area contributed by atoms with Gasteiger partial charge in [0.25, 0.3) is 0 Å². The number of hydrogen-bond acceptors (Lipinski definition) is 2. The van der Waals surface area contributed by atoms with Gasteiger partial charge in [-0.3, -0.25) is 4.98 Å². The van der Waals surface area contributed by atoms with Gasteiger partial charge < -0.3 is 4.79 Å². The predicted molar refractivity (Wildman–Crippen MR) is 103 cm³/mol. The van der Waals surface area contributed by atoms with Crippen molar-refractivity contribution in [2.45, 2.75) is 53.9 Å². The Kier molecular flexibility index (Phi) is 8.76. The maximum Gasteiger partial charge on any atom is 0.126 e. The van der Waals surface area contributed by atoms with Gasteiger partial charge in [-0.05, 0) is 74.9 Å². The van der Waals surface area contributed by atoms with Crippen LogP contribution in [0, 0.1) is 12.7 Å². The zero-order chi connectivity index (χ0) is 18.8. The Morgan fingerprint density at radius 3 is 2.40 bits per heavy atom. The topological polar surface area (TPSA) is 30.0 Å². The zero-order valence-corrected chi connectivity index (χ0v) is 15.9. The largest absolute Gasteiger partial charge is 0.300 e. The fourth-order valence-electron chi connectivity index (χ4n) is 2.58. The maximum atomic E-state index is 13.4. The number of hydrogen-bond donors (Lipinski definition) is 0. The molecule has 1 aliphatic carbocycles. The highest BCUT2D eigenvalue weighted by atomic mass is 19.1. The molecule has 1 aromatic heterocycles. The van der Waals surface area contributed by atoms with Crippen molar-refractivity contribution in [3.05, 3.63) is 70.8 Å². The van der Waals surface area contributed by atoms with Gasteiger partial charge in [0.1, 0.15) is 11.6 Å². The summed E-state index contributed by atoms with van der Waals surface area (Å²) in [7, 11) is 0. The highest BCUT2D eigenvalue weighted by molar-refractivity contribution is 5.81. The van der Waals surface area contributed by atoms with Crippen LogP contribution in [0.1, 0.15) is 62.9 Å². The van der Waals surface area contributed by atoms with Gasteiger partial charge in [0.15, 0.2) is 0 Å². The van der Waals surface area contributed by atoms with Crippen LogP contribution in [0.4, 0.5) is 4.39 Å². The lowest BCUT2D eigenvalue weighted by atomic mass is 9.94. The smallest absolute Gasteiger partial charge is 0.126 e. The number of halogens is 1. The number of benzene rings is 1. The Bertz CT molecular complexity index is 713. The van der Waals surface area contributed by atoms with Crippen molar-refractivity contribution >= 4 is 11.4 Å². The number of allylic oxidation sites excluding steroid dienone is 1. The van der Waals surface area contributed by atoms with Crippen molar-refractivity contribution < 1.29 is 9.18 Å². The molecule has 25 heavy (non-hydrogen) atoms. The molecule has 0 spiro atoms. The van der Waals surface area contributed by atoms with E-state index in [1.165, 1.54) is 19.4 Å². The third-order valence-electron chi connectivity index (χ3n) is 3.58. The molecular weight excluding hydrogens is 313 g/mol. The van der Waals surface area contributed by atoms with Crippen molar-refractivity contribution in [3.63, 3.8) is 0 Å². The van der Waals surface area contributed by atoms with Gasteiger partial charge >= 0.3 is 0 Å². The quantitative estimate of drug-likeness (QED) is 0.644. The second-order valence-electron chi connectivity index (χ2n) is 5.91. The van der Waals surface area contributed by atoms with Crippen LogP contribution in [0.5, 0.6) is 0 Å². The Morgan fingerprint density at radius 1 is 1.12 bits per heavy atom. The van der Waals surface area contributed by atoms with E-state index < -0.39 is 0 Å². The average molecular weight is 341 g/mol. The molecule has 3 rings (SSSR count). The van der Waals surface area contributed by atoms with E-state index in [2.05, 4.69) is 17.1 Å². The minimum Gasteiger partial charge on any atom is -0.300 e. The monoisotopic (exact) mass is 341 g/mol. The molecule has 1 aromatic carbocycles. The summed E-state index contributed by atoms with van der Waals surface area (Å²) in [5.41, 5.74) is 5.55. The molecule has 0 amide bonds. The molecule has 2 nitrogen and oxygen atoms in total. The summed E-state index contributed by atoms with van der Waals surface area (Å²) in [5, 5.41) is 0. The first-order valence-corrected chi connectivity index (χ1v) is 8.86. The van der Waals surface area contributed by atoms with E-state index in [4.69, 9.17) is 0 Å². The summed E-state index contributed by atoms with van der Waals surface area (Å²) in [6.45, 7) is 9.04. The summed E-state index contributed by atoms with van der Waals surface area (Å²) < 4.78 is 13.4. The molecule has 0 radical (unpaired) electrons. The van der Waals surface area contributed by atoms with Crippen molar-refractivity contribution in [3.8, 4) is 0 Å². The summed E-state index contributed by atoms with van der Waals surface area (Å²) in [6.07, 6.45) is 7.18. The van der Waals surface area contributed by atoms with Crippen LogP contribution in [0.15, 0.2) is 42.6 Å². The molecule has 0 aliphatic heterocycles. The molecule has 1 aliphatic rings. The summed E-state index contributed by atoms with van der Waals surface area (Å²) >= 11 is 0. The van der Waals surface area contributed by atoms with Crippen LogP contribution in [-0.4, -0.2) is 10.8 Å². The SMILES string of the molecule is CC.CC(C)=O.Cc1ccc(C2=CCCCc3cc(F)ccc32)cn1. The van der Waals surface area contributed by atoms with E-state index >= 15 is 0 Å². The van der Waals surface area contributed by atoms with E-state index in [1.807, 2.05) is 39.1 Å². The second-order valence-corrected chi connectivity index (χ2v) is 5.91. The third kappa shape index (κ3) is 6.61. The Balaban J connectivity index is 0.000000461. The van der Waals surface area contributed by atoms with E-state index in [-0.39, 0.29) is 11.6 Å². The number of Topliss-reactive ketones (excluding diaryl/α,β-unsaturated/α-hetero) is 1. The molecule has 2 aromatic rings. The van der Waals surface area contributed by atoms with Gasteiger partial charge in [-0.25, -0.2) is 4.39 Å². The van der Waals surface area contributed by atoms with Crippen LogP contribution < -0.4 is 0 Å². The Hall–Kier alpha value is -2.29. The Morgan fingerprint density at radius 2 is 1.80 bits per heavy atom. The van der Waals surface area contributed by atoms with Crippen LogP contribution in [0.3, 0.4) is 0 Å². The van der Waals surface area contributed by atoms with Crippen LogP contribution in [0.2, 0.25) is 0 Å². The molecule has 3 heteroatoms. The number of rotatable bonds is 1. The number of aryl methyl sites for hydroxylation is 2. The molecule has 0 saturated heterocycles. The average Bonchev–Trinajstić information content (AvgIpc) is 2.79. The molecule has 0 unspecified atom stereocenters. The van der Waals surface area contributed by atoms with E-state index in [9.17, 15) is 9.18 Å². The van der Waals surface area contributed by atoms with E-state index in [0.29, 0.717) is 0 Å². The van der Waals surface area contributed by atoms with Crippen LogP contribution in [0.25, 0.3) is 5.57 Å². The van der Waals surface area contributed by atoms with Crippen molar-refractivity contribution in [2.24, 2.45) is 0 Å². The minimum absolute atomic E-state index is 0.151. The fraction of sp³-hybridized carbons (Fsp3) is 0.364. The van der Waals surface area contributed by atoms with Gasteiger partial charge in [-0.15, -0.1) is 0 Å². The standard InChI is InChI=1S/C17H16FN.C3H6O.C2H6/c1-12-6-7-14(11-19-12)16-5-3-2-4-13-10-15(18)8-9-17(13)16;1-3(2)4;1-2/h5-11H,2-4H2,1H3;1-2H3;1-2H3. The zero-order valence-electron chi connectivity index (χ0n) is 15.9. The molecule has 0 bridgehead atoms. The fourth-order valence-corrected chi connectivity index (χ4v) is 2.58. The van der Waals surface area contributed by atoms with Gasteiger partial charge in [0, 0.05) is 17.5 Å². The number of carbonyl (C=O) groups excluding carboxylic acids is 1. The maximum absolute atomic E-state index is 13.4. The summed E-state index contributed by atoms with van der Waals surface area (Å²) in [4.78, 5) is 13.8. The lowest BCUT2D eigenvalue weighted by molar-refractivity contribution is -0.114.